The molecule has 1 aromatic rings. The van der Waals surface area contributed by atoms with Crippen LogP contribution in [-0.2, 0) is 0 Å². The lowest BCUT2D eigenvalue weighted by atomic mass is 10.3. The van der Waals surface area contributed by atoms with Gasteiger partial charge in [-0.1, -0.05) is 0 Å². The number of halogens is 4. The minimum atomic E-state index is -0.204. The van der Waals surface area contributed by atoms with Gasteiger partial charge in [-0.25, -0.2) is 0 Å². The molecule has 0 N–H and O–H groups in total. The van der Waals surface area contributed by atoms with Crippen LogP contribution >= 0.6 is 48.6 Å². The summed E-state index contributed by atoms with van der Waals surface area (Å²) < 4.78 is 48.9. The van der Waals surface area contributed by atoms with Gasteiger partial charge in [0.2, 0.25) is 0 Å². The van der Waals surface area contributed by atoms with Crippen molar-refractivity contribution in [1.29, 1.82) is 0 Å². The number of benzene rings is 1. The molecule has 0 aliphatic heterocycles. The summed E-state index contributed by atoms with van der Waals surface area (Å²) in [6.45, 7) is 0. The van der Waals surface area contributed by atoms with Gasteiger partial charge in [-0.3, -0.25) is 0 Å². The van der Waals surface area contributed by atoms with Crippen LogP contribution < -0.4 is 0 Å². The van der Waals surface area contributed by atoms with Gasteiger partial charge >= 0.3 is 0 Å². The van der Waals surface area contributed by atoms with E-state index in [-0.39, 0.29) is 68.2 Å². The molecule has 0 saturated heterocycles. The Kier molecular flexibility index (Phi) is 5.35. The molecule has 1 rings (SSSR count). The third kappa shape index (κ3) is 2.68. The highest BCUT2D eigenvalue weighted by molar-refractivity contribution is 7.98. The summed E-state index contributed by atoms with van der Waals surface area (Å²) in [5, 5.41) is 0. The molecule has 14 heavy (non-hydrogen) atoms. The van der Waals surface area contributed by atoms with Gasteiger partial charge in [0.05, 0.1) is 68.2 Å². The largest absolute Gasteiger partial charge is 0.160 e. The van der Waals surface area contributed by atoms with Crippen LogP contribution in [0.4, 0.5) is 15.5 Å². The van der Waals surface area contributed by atoms with Crippen LogP contribution in [0.5, 0.6) is 0 Å². The molecule has 0 aliphatic rings. The van der Waals surface area contributed by atoms with Crippen molar-refractivity contribution in [2.24, 2.45) is 0 Å². The fourth-order valence-electron chi connectivity index (χ4n) is 0.764. The lowest BCUT2D eigenvalue weighted by molar-refractivity contribution is 0.881. The van der Waals surface area contributed by atoms with Crippen molar-refractivity contribution in [3.8, 4) is 0 Å². The second-order valence-electron chi connectivity index (χ2n) is 2.05. The second-order valence-corrected chi connectivity index (χ2v) is 4.43. The molecule has 0 aromatic heterocycles. The molecule has 0 fully saturated rings. The predicted octanol–water partition coefficient (Wildman–Crippen LogP) is 5.59. The van der Waals surface area contributed by atoms with Crippen LogP contribution in [0.2, 0.25) is 0 Å². The quantitative estimate of drug-likeness (QED) is 0.658. The predicted molar refractivity (Wildman–Crippen MR) is 54.3 cm³/mol. The first-order chi connectivity index (χ1) is 6.76. The maximum atomic E-state index is 12.2. The van der Waals surface area contributed by atoms with E-state index in [4.69, 9.17) is 0 Å². The van der Waals surface area contributed by atoms with Crippen molar-refractivity contribution in [2.45, 2.75) is 19.6 Å². The Morgan fingerprint density at radius 2 is 0.786 bits per heavy atom. The third-order valence-corrected chi connectivity index (χ3v) is 3.62. The smallest absolute Gasteiger partial charge is 0.0825 e. The van der Waals surface area contributed by atoms with Crippen molar-refractivity contribution in [1.82, 2.24) is 0 Å². The highest BCUT2D eigenvalue weighted by atomic mass is 32.2. The summed E-state index contributed by atoms with van der Waals surface area (Å²) in [7, 11) is 0. The van der Waals surface area contributed by atoms with Crippen molar-refractivity contribution in [3.63, 3.8) is 0 Å². The van der Waals surface area contributed by atoms with Crippen molar-refractivity contribution >= 4 is 48.6 Å². The average Bonchev–Trinajstić information content (AvgIpc) is 2.26. The van der Waals surface area contributed by atoms with E-state index in [9.17, 15) is 15.5 Å². The molecule has 0 heterocycles. The number of hydrogen-bond donors (Lipinski definition) is 0. The first-order valence-corrected chi connectivity index (χ1v) is 5.96. The van der Waals surface area contributed by atoms with E-state index >= 15 is 0 Å². The van der Waals surface area contributed by atoms with Crippen molar-refractivity contribution < 1.29 is 15.5 Å². The standard InChI is InChI=1S/C6H2F4S4/c7-11-3-1-4(12-8)6(14-10)2-5(3)13-9/h1-2H. The molecule has 0 spiro atoms. The summed E-state index contributed by atoms with van der Waals surface area (Å²) in [4.78, 5) is -0.239. The lowest BCUT2D eigenvalue weighted by Gasteiger charge is -2.04. The Morgan fingerprint density at radius 1 is 0.571 bits per heavy atom. The van der Waals surface area contributed by atoms with Gasteiger partial charge in [0, 0.05) is 0 Å². The molecule has 0 unspecified atom stereocenters. The van der Waals surface area contributed by atoms with Crippen LogP contribution in [-0.4, -0.2) is 0 Å². The maximum absolute atomic E-state index is 12.2. The van der Waals surface area contributed by atoms with Crippen molar-refractivity contribution in [3.05, 3.63) is 12.1 Å². The molecule has 0 amide bonds. The zero-order valence-electron chi connectivity index (χ0n) is 6.30. The maximum Gasteiger partial charge on any atom is 0.0825 e. The average molecular weight is 278 g/mol. The Hall–Kier alpha value is 0.340. The van der Waals surface area contributed by atoms with Gasteiger partial charge in [0.15, 0.2) is 0 Å². The molecule has 0 atom stereocenters. The summed E-state index contributed by atoms with van der Waals surface area (Å²) in [5.74, 6) is 0. The summed E-state index contributed by atoms with van der Waals surface area (Å²) in [5.41, 5.74) is 0. The molecule has 0 aliphatic carbocycles. The summed E-state index contributed by atoms with van der Waals surface area (Å²) >= 11 is -0.815. The normalized spacial score (nSPS) is 10.6. The van der Waals surface area contributed by atoms with Crippen LogP contribution in [0.3, 0.4) is 0 Å². The fraction of sp³-hybridized carbons (Fsp3) is 0. The molecule has 1 aromatic carbocycles. The number of hydrogen-bond acceptors (Lipinski definition) is 4. The van der Waals surface area contributed by atoms with Gasteiger partial charge < -0.3 is 0 Å². The Labute approximate surface area is 95.8 Å². The van der Waals surface area contributed by atoms with Gasteiger partial charge in [0.25, 0.3) is 0 Å². The first kappa shape index (κ1) is 12.4. The van der Waals surface area contributed by atoms with Gasteiger partial charge in [-0.15, -0.1) is 0 Å². The SMILES string of the molecule is FSc1cc(SF)c(SF)cc1SF. The number of rotatable bonds is 4. The van der Waals surface area contributed by atoms with Crippen LogP contribution in [0, 0.1) is 0 Å². The second kappa shape index (κ2) is 6.04. The molecule has 0 bridgehead atoms. The van der Waals surface area contributed by atoms with Crippen LogP contribution in [0.15, 0.2) is 31.7 Å². The summed E-state index contributed by atoms with van der Waals surface area (Å²) in [6, 6.07) is 2.14. The molecule has 0 radical (unpaired) electrons. The van der Waals surface area contributed by atoms with Gasteiger partial charge in [0.1, 0.15) is 0 Å². The lowest BCUT2D eigenvalue weighted by Crippen LogP contribution is -1.80. The van der Waals surface area contributed by atoms with E-state index in [2.05, 4.69) is 0 Å². The zero-order chi connectivity index (χ0) is 10.6. The highest BCUT2D eigenvalue weighted by Gasteiger charge is 2.13. The minimum Gasteiger partial charge on any atom is -0.160 e. The molecular weight excluding hydrogens is 276 g/mol. The van der Waals surface area contributed by atoms with E-state index in [0.29, 0.717) is 0 Å². The third-order valence-electron chi connectivity index (χ3n) is 1.34. The summed E-state index contributed by atoms with van der Waals surface area (Å²) in [6.07, 6.45) is 0. The fourth-order valence-corrected chi connectivity index (χ4v) is 2.48. The molecule has 78 valence electrons. The van der Waals surface area contributed by atoms with E-state index in [1.807, 2.05) is 0 Å². The zero-order valence-corrected chi connectivity index (χ0v) is 9.57. The molecular formula is C6H2F4S4. The van der Waals surface area contributed by atoms with E-state index < -0.39 is 0 Å². The van der Waals surface area contributed by atoms with E-state index in [1.165, 1.54) is 0 Å². The molecule has 8 heteroatoms. The van der Waals surface area contributed by atoms with Crippen LogP contribution in [0.1, 0.15) is 0 Å². The first-order valence-electron chi connectivity index (χ1n) is 3.09. The van der Waals surface area contributed by atoms with Crippen molar-refractivity contribution in [2.75, 3.05) is 0 Å². The Bertz CT molecular complexity index is 261. The van der Waals surface area contributed by atoms with E-state index in [1.54, 1.807) is 0 Å². The monoisotopic (exact) mass is 278 g/mol. The Balaban J connectivity index is 3.20. The molecule has 0 saturated carbocycles. The molecule has 0 nitrogen and oxygen atoms in total. The van der Waals surface area contributed by atoms with Crippen LogP contribution in [0.25, 0.3) is 0 Å². The highest BCUT2D eigenvalue weighted by Crippen LogP contribution is 2.41. The Morgan fingerprint density at radius 3 is 0.929 bits per heavy atom. The van der Waals surface area contributed by atoms with E-state index in [0.717, 1.165) is 12.1 Å². The topological polar surface area (TPSA) is 0 Å². The minimum absolute atomic E-state index is 0.0598. The van der Waals surface area contributed by atoms with Gasteiger partial charge in [-0.2, -0.15) is 15.5 Å². The van der Waals surface area contributed by atoms with Gasteiger partial charge in [-0.05, 0) is 12.1 Å².